The number of carbonyl (C=O) groups excluding carboxylic acids is 2. The maximum absolute atomic E-state index is 12.5. The molecular weight excluding hydrogens is 240 g/mol. The van der Waals surface area contributed by atoms with Crippen molar-refractivity contribution in [3.63, 3.8) is 0 Å². The van der Waals surface area contributed by atoms with Crippen molar-refractivity contribution < 1.29 is 14.7 Å². The second-order valence-electron chi connectivity index (χ2n) is 5.88. The van der Waals surface area contributed by atoms with E-state index in [1.807, 2.05) is 20.8 Å². The highest BCUT2D eigenvalue weighted by molar-refractivity contribution is 6.11. The summed E-state index contributed by atoms with van der Waals surface area (Å²) >= 11 is 0. The molecule has 1 aliphatic rings. The predicted octanol–water partition coefficient (Wildman–Crippen LogP) is 3.00. The van der Waals surface area contributed by atoms with Gasteiger partial charge in [0.2, 0.25) is 0 Å². The summed E-state index contributed by atoms with van der Waals surface area (Å²) in [5, 5.41) is 9.64. The first-order valence-electron chi connectivity index (χ1n) is 6.75. The van der Waals surface area contributed by atoms with E-state index in [4.69, 9.17) is 0 Å². The number of rotatable bonds is 2. The van der Waals surface area contributed by atoms with Crippen molar-refractivity contribution in [1.29, 1.82) is 0 Å². The molecule has 0 amide bonds. The first-order valence-corrected chi connectivity index (χ1v) is 6.75. The van der Waals surface area contributed by atoms with Gasteiger partial charge in [0, 0.05) is 11.8 Å². The van der Waals surface area contributed by atoms with Crippen LogP contribution in [0.4, 0.5) is 0 Å². The lowest BCUT2D eigenvalue weighted by Crippen LogP contribution is -2.39. The fraction of sp³-hybridized carbons (Fsp3) is 0.500. The molecule has 1 saturated carbocycles. The molecule has 3 heteroatoms. The number of benzene rings is 1. The highest BCUT2D eigenvalue weighted by Gasteiger charge is 2.43. The second kappa shape index (κ2) is 4.80. The van der Waals surface area contributed by atoms with E-state index in [0.29, 0.717) is 18.4 Å². The number of hydrogen-bond donors (Lipinski definition) is 1. The summed E-state index contributed by atoms with van der Waals surface area (Å²) in [7, 11) is 0. The zero-order chi connectivity index (χ0) is 14.2. The minimum absolute atomic E-state index is 0.0235. The van der Waals surface area contributed by atoms with Crippen LogP contribution < -0.4 is 0 Å². The summed E-state index contributed by atoms with van der Waals surface area (Å²) in [6.45, 7) is 5.77. The van der Waals surface area contributed by atoms with Crippen LogP contribution in [0.15, 0.2) is 18.2 Å². The van der Waals surface area contributed by atoms with Gasteiger partial charge < -0.3 is 5.11 Å². The number of aryl methyl sites for hydroxylation is 1. The number of hydrogen-bond acceptors (Lipinski definition) is 3. The quantitative estimate of drug-likeness (QED) is 0.832. The number of aromatic hydroxyl groups is 1. The zero-order valence-corrected chi connectivity index (χ0v) is 11.7. The van der Waals surface area contributed by atoms with Gasteiger partial charge in [-0.05, 0) is 36.1 Å². The molecule has 3 nitrogen and oxygen atoms in total. The molecule has 1 aromatic carbocycles. The van der Waals surface area contributed by atoms with E-state index in [1.165, 1.54) is 0 Å². The molecule has 1 aliphatic carbocycles. The van der Waals surface area contributed by atoms with Gasteiger partial charge in [0.05, 0.1) is 0 Å². The summed E-state index contributed by atoms with van der Waals surface area (Å²) in [5.74, 6) is -0.643. The second-order valence-corrected chi connectivity index (χ2v) is 5.88. The molecule has 1 N–H and O–H groups in total. The summed E-state index contributed by atoms with van der Waals surface area (Å²) in [6, 6.07) is 4.97. The van der Waals surface area contributed by atoms with Crippen LogP contribution in [0.3, 0.4) is 0 Å². The third-order valence-corrected chi connectivity index (χ3v) is 4.07. The monoisotopic (exact) mass is 260 g/mol. The van der Waals surface area contributed by atoms with E-state index in [1.54, 1.807) is 18.2 Å². The summed E-state index contributed by atoms with van der Waals surface area (Å²) in [5.41, 5.74) is 1.18. The molecule has 102 valence electrons. The van der Waals surface area contributed by atoms with Crippen LogP contribution in [-0.2, 0) is 16.0 Å². The smallest absolute Gasteiger partial charge is 0.153 e. The van der Waals surface area contributed by atoms with Crippen LogP contribution in [0.25, 0.3) is 0 Å². The van der Waals surface area contributed by atoms with E-state index in [-0.39, 0.29) is 17.3 Å². The fourth-order valence-electron chi connectivity index (χ4n) is 2.73. The van der Waals surface area contributed by atoms with Gasteiger partial charge in [-0.1, -0.05) is 26.8 Å². The number of Topliss-reactive ketones (excluding diaryl/α,β-unsaturated/α-hetero) is 2. The highest BCUT2D eigenvalue weighted by Crippen LogP contribution is 2.40. The Morgan fingerprint density at radius 2 is 2.00 bits per heavy atom. The van der Waals surface area contributed by atoms with Crippen LogP contribution in [0.5, 0.6) is 5.75 Å². The van der Waals surface area contributed by atoms with Crippen molar-refractivity contribution in [1.82, 2.24) is 0 Å². The van der Waals surface area contributed by atoms with Crippen molar-refractivity contribution in [3.8, 4) is 5.75 Å². The number of phenolic OH excluding ortho intramolecular Hbond substituents is 1. The summed E-state index contributed by atoms with van der Waals surface area (Å²) in [4.78, 5) is 24.7. The molecule has 1 fully saturated rings. The Labute approximate surface area is 113 Å². The van der Waals surface area contributed by atoms with Crippen LogP contribution in [-0.4, -0.2) is 16.7 Å². The Bertz CT molecular complexity index is 529. The molecule has 0 spiro atoms. The molecule has 19 heavy (non-hydrogen) atoms. The van der Waals surface area contributed by atoms with E-state index in [2.05, 4.69) is 0 Å². The number of carbonyl (C=O) groups is 2. The molecule has 1 atom stereocenters. The molecule has 0 aromatic heterocycles. The third kappa shape index (κ3) is 2.42. The maximum Gasteiger partial charge on any atom is 0.153 e. The van der Waals surface area contributed by atoms with E-state index < -0.39 is 11.3 Å². The van der Waals surface area contributed by atoms with Gasteiger partial charge in [-0.25, -0.2) is 0 Å². The van der Waals surface area contributed by atoms with Gasteiger partial charge in [-0.3, -0.25) is 9.59 Å². The molecule has 0 aliphatic heterocycles. The first-order chi connectivity index (χ1) is 8.86. The minimum Gasteiger partial charge on any atom is -0.508 e. The molecule has 2 rings (SSSR count). The fourth-order valence-corrected chi connectivity index (χ4v) is 2.73. The zero-order valence-electron chi connectivity index (χ0n) is 11.7. The average molecular weight is 260 g/mol. The highest BCUT2D eigenvalue weighted by atomic mass is 16.3. The molecule has 0 saturated heterocycles. The normalized spacial score (nSPS) is 22.6. The van der Waals surface area contributed by atoms with Crippen molar-refractivity contribution >= 4 is 11.6 Å². The Morgan fingerprint density at radius 1 is 1.32 bits per heavy atom. The maximum atomic E-state index is 12.5. The largest absolute Gasteiger partial charge is 0.508 e. The van der Waals surface area contributed by atoms with E-state index in [9.17, 15) is 14.7 Å². The standard InChI is InChI=1S/C16H20O3/c1-4-10-5-6-11(17)9-12(10)14-13(18)7-8-16(2,3)15(14)19/h5-6,9,14,17H,4,7-8H2,1-3H3. The summed E-state index contributed by atoms with van der Waals surface area (Å²) in [6.07, 6.45) is 1.79. The first kappa shape index (κ1) is 13.8. The number of phenols is 1. The van der Waals surface area contributed by atoms with Crippen LogP contribution in [0.1, 0.15) is 50.7 Å². The van der Waals surface area contributed by atoms with Gasteiger partial charge in [0.15, 0.2) is 5.78 Å². The number of ketones is 2. The molecule has 1 unspecified atom stereocenters. The van der Waals surface area contributed by atoms with E-state index >= 15 is 0 Å². The molecule has 0 bridgehead atoms. The van der Waals surface area contributed by atoms with E-state index in [0.717, 1.165) is 12.0 Å². The van der Waals surface area contributed by atoms with Gasteiger partial charge >= 0.3 is 0 Å². The van der Waals surface area contributed by atoms with Crippen molar-refractivity contribution in [2.75, 3.05) is 0 Å². The molecule has 1 aromatic rings. The van der Waals surface area contributed by atoms with Crippen LogP contribution >= 0.6 is 0 Å². The Kier molecular flexibility index (Phi) is 3.48. The Balaban J connectivity index is 2.52. The van der Waals surface area contributed by atoms with Crippen LogP contribution in [0, 0.1) is 5.41 Å². The van der Waals surface area contributed by atoms with Crippen molar-refractivity contribution in [3.05, 3.63) is 29.3 Å². The molecule has 0 radical (unpaired) electrons. The van der Waals surface area contributed by atoms with Gasteiger partial charge in [-0.15, -0.1) is 0 Å². The van der Waals surface area contributed by atoms with Crippen molar-refractivity contribution in [2.24, 2.45) is 5.41 Å². The predicted molar refractivity (Wildman–Crippen MR) is 73.3 cm³/mol. The van der Waals surface area contributed by atoms with Gasteiger partial charge in [0.1, 0.15) is 17.5 Å². The van der Waals surface area contributed by atoms with Crippen molar-refractivity contribution in [2.45, 2.75) is 46.0 Å². The topological polar surface area (TPSA) is 54.4 Å². The lowest BCUT2D eigenvalue weighted by molar-refractivity contribution is -0.139. The molecule has 0 heterocycles. The Hall–Kier alpha value is -1.64. The minimum atomic E-state index is -0.703. The third-order valence-electron chi connectivity index (χ3n) is 4.07. The van der Waals surface area contributed by atoms with Gasteiger partial charge in [0.25, 0.3) is 0 Å². The summed E-state index contributed by atoms with van der Waals surface area (Å²) < 4.78 is 0. The SMILES string of the molecule is CCc1ccc(O)cc1C1C(=O)CCC(C)(C)C1=O. The van der Waals surface area contributed by atoms with Gasteiger partial charge in [-0.2, -0.15) is 0 Å². The lowest BCUT2D eigenvalue weighted by Gasteiger charge is -2.33. The Morgan fingerprint density at radius 3 is 2.63 bits per heavy atom. The average Bonchev–Trinajstić information content (AvgIpc) is 2.35. The lowest BCUT2D eigenvalue weighted by atomic mass is 9.67. The molecular formula is C16H20O3. The van der Waals surface area contributed by atoms with Crippen LogP contribution in [0.2, 0.25) is 0 Å².